The molecule has 0 saturated heterocycles. The van der Waals surface area contributed by atoms with Crippen molar-refractivity contribution in [2.75, 3.05) is 0 Å². The van der Waals surface area contributed by atoms with Crippen molar-refractivity contribution in [2.24, 2.45) is 0 Å². The van der Waals surface area contributed by atoms with E-state index in [1.54, 1.807) is 48.5 Å². The van der Waals surface area contributed by atoms with Gasteiger partial charge in [0.15, 0.2) is 5.69 Å². The Morgan fingerprint density at radius 3 is 2.34 bits per heavy atom. The summed E-state index contributed by atoms with van der Waals surface area (Å²) in [6.45, 7) is 2.05. The van der Waals surface area contributed by atoms with Crippen LogP contribution in [0.5, 0.6) is 0 Å². The van der Waals surface area contributed by atoms with Crippen molar-refractivity contribution < 1.29 is 9.59 Å². The maximum atomic E-state index is 12.8. The Bertz CT molecular complexity index is 1460. The predicted molar refractivity (Wildman–Crippen MR) is 118 cm³/mol. The predicted octanol–water partition coefficient (Wildman–Crippen LogP) is 0.978. The normalized spacial score (nSPS) is 10.9. The van der Waals surface area contributed by atoms with Gasteiger partial charge in [-0.05, 0) is 24.6 Å². The van der Waals surface area contributed by atoms with Crippen molar-refractivity contribution in [3.8, 4) is 0 Å². The van der Waals surface area contributed by atoms with Gasteiger partial charge in [-0.25, -0.2) is 4.68 Å². The van der Waals surface area contributed by atoms with Gasteiger partial charge in [-0.1, -0.05) is 37.3 Å². The molecule has 0 aliphatic carbocycles. The second kappa shape index (κ2) is 8.80. The smallest absolute Gasteiger partial charge is 0.287 e. The number of hydrogen-bond donors (Lipinski definition) is 2. The molecule has 32 heavy (non-hydrogen) atoms. The average Bonchev–Trinajstić information content (AvgIpc) is 2.81. The maximum absolute atomic E-state index is 12.8. The number of nitrogens with zero attached hydrogens (tertiary/aromatic N) is 4. The lowest BCUT2D eigenvalue weighted by Gasteiger charge is -2.12. The van der Waals surface area contributed by atoms with Crippen LogP contribution < -0.4 is 21.8 Å². The highest BCUT2D eigenvalue weighted by Crippen LogP contribution is 2.13. The van der Waals surface area contributed by atoms with Gasteiger partial charge in [0.2, 0.25) is 5.43 Å². The zero-order valence-electron chi connectivity index (χ0n) is 17.2. The summed E-state index contributed by atoms with van der Waals surface area (Å²) in [5.41, 5.74) is 4.68. The Labute approximate surface area is 181 Å². The monoisotopic (exact) mass is 432 g/mol. The van der Waals surface area contributed by atoms with Crippen molar-refractivity contribution in [1.29, 1.82) is 0 Å². The van der Waals surface area contributed by atoms with Crippen LogP contribution in [0.4, 0.5) is 0 Å². The highest BCUT2D eigenvalue weighted by Gasteiger charge is 2.17. The molecular formula is C22H20N6O4. The van der Waals surface area contributed by atoms with Gasteiger partial charge in [0.25, 0.3) is 17.4 Å². The number of carbonyl (C=O) groups is 2. The summed E-state index contributed by atoms with van der Waals surface area (Å²) in [5.74, 6) is -1.21. The molecule has 0 bridgehead atoms. The van der Waals surface area contributed by atoms with Crippen LogP contribution in [0.1, 0.15) is 23.8 Å². The van der Waals surface area contributed by atoms with E-state index < -0.39 is 11.8 Å². The molecule has 2 heterocycles. The molecule has 0 radical (unpaired) electrons. The fourth-order valence-corrected chi connectivity index (χ4v) is 3.41. The van der Waals surface area contributed by atoms with Crippen LogP contribution in [-0.2, 0) is 17.9 Å². The van der Waals surface area contributed by atoms with Gasteiger partial charge >= 0.3 is 0 Å². The van der Waals surface area contributed by atoms with Crippen LogP contribution >= 0.6 is 0 Å². The summed E-state index contributed by atoms with van der Waals surface area (Å²) in [6.07, 6.45) is 1.81. The first-order valence-corrected chi connectivity index (χ1v) is 10.0. The molecule has 2 N–H and O–H groups in total. The summed E-state index contributed by atoms with van der Waals surface area (Å²) >= 11 is 0. The molecule has 0 spiro atoms. The average molecular weight is 432 g/mol. The molecular weight excluding hydrogens is 412 g/mol. The molecule has 2 aromatic carbocycles. The fraction of sp³-hybridized carbons (Fsp3) is 0.182. The fourth-order valence-electron chi connectivity index (χ4n) is 3.41. The van der Waals surface area contributed by atoms with Crippen molar-refractivity contribution in [2.45, 2.75) is 26.4 Å². The van der Waals surface area contributed by atoms with Gasteiger partial charge in [0.05, 0.1) is 17.1 Å². The summed E-state index contributed by atoms with van der Waals surface area (Å²) in [6, 6.07) is 13.5. The lowest BCUT2D eigenvalue weighted by Crippen LogP contribution is -2.44. The molecule has 2 aromatic heterocycles. The molecule has 0 fully saturated rings. The Balaban J connectivity index is 1.55. The highest BCUT2D eigenvalue weighted by atomic mass is 16.2. The van der Waals surface area contributed by atoms with Gasteiger partial charge in [0.1, 0.15) is 6.54 Å². The number of para-hydroxylation sites is 1. The standard InChI is InChI=1S/C22H20N6O4/c1-2-11-27-22(32)15-8-4-3-7-14(15)20(26-27)21(31)25-24-19(30)13-28-17-10-6-5-9-16(17)18(29)12-23-28/h3-10,12H,2,11,13H2,1H3,(H,24,30)(H,25,31). The van der Waals surface area contributed by atoms with Gasteiger partial charge < -0.3 is 0 Å². The Morgan fingerprint density at radius 2 is 1.59 bits per heavy atom. The molecule has 0 unspecified atom stereocenters. The molecule has 0 saturated carbocycles. The number of amides is 2. The van der Waals surface area contributed by atoms with Crippen molar-refractivity contribution in [1.82, 2.24) is 30.4 Å². The second-order valence-corrected chi connectivity index (χ2v) is 7.11. The minimum absolute atomic E-state index is 0.0286. The molecule has 0 aliphatic rings. The first-order chi connectivity index (χ1) is 15.5. The molecule has 10 heteroatoms. The summed E-state index contributed by atoms with van der Waals surface area (Å²) < 4.78 is 2.61. The van der Waals surface area contributed by atoms with Gasteiger partial charge in [0, 0.05) is 17.3 Å². The number of nitrogens with one attached hydrogen (secondary N) is 2. The molecule has 0 aliphatic heterocycles. The van der Waals surface area contributed by atoms with Crippen LogP contribution in [-0.4, -0.2) is 31.4 Å². The number of aromatic nitrogens is 4. The number of hydrogen-bond acceptors (Lipinski definition) is 6. The Hall–Kier alpha value is -4.34. The van der Waals surface area contributed by atoms with E-state index in [4.69, 9.17) is 0 Å². The van der Waals surface area contributed by atoms with Crippen molar-refractivity contribution in [3.63, 3.8) is 0 Å². The lowest BCUT2D eigenvalue weighted by molar-refractivity contribution is -0.122. The molecule has 162 valence electrons. The minimum Gasteiger partial charge on any atom is -0.287 e. The third-order valence-corrected chi connectivity index (χ3v) is 4.89. The van der Waals surface area contributed by atoms with Crippen LogP contribution in [0.15, 0.2) is 64.3 Å². The zero-order chi connectivity index (χ0) is 22.7. The summed E-state index contributed by atoms with van der Waals surface area (Å²) in [4.78, 5) is 49.7. The van der Waals surface area contributed by atoms with E-state index in [1.165, 1.54) is 9.36 Å². The number of benzene rings is 2. The minimum atomic E-state index is -0.655. The van der Waals surface area contributed by atoms with Gasteiger partial charge in [-0.2, -0.15) is 10.2 Å². The summed E-state index contributed by atoms with van der Waals surface area (Å²) in [5, 5.41) is 9.39. The number of aryl methyl sites for hydroxylation is 1. The zero-order valence-corrected chi connectivity index (χ0v) is 17.2. The van der Waals surface area contributed by atoms with E-state index in [-0.39, 0.29) is 23.2 Å². The number of rotatable bonds is 5. The number of fused-ring (bicyclic) bond motifs is 2. The van der Waals surface area contributed by atoms with Crippen LogP contribution in [0.25, 0.3) is 21.7 Å². The van der Waals surface area contributed by atoms with E-state index in [1.807, 2.05) is 6.92 Å². The van der Waals surface area contributed by atoms with E-state index in [0.29, 0.717) is 34.6 Å². The molecule has 4 rings (SSSR count). The third kappa shape index (κ3) is 3.97. The largest absolute Gasteiger partial charge is 0.290 e. The number of carbonyl (C=O) groups excluding carboxylic acids is 2. The highest BCUT2D eigenvalue weighted by molar-refractivity contribution is 6.05. The van der Waals surface area contributed by atoms with Crippen LogP contribution in [0.2, 0.25) is 0 Å². The van der Waals surface area contributed by atoms with Crippen LogP contribution in [0.3, 0.4) is 0 Å². The third-order valence-electron chi connectivity index (χ3n) is 4.89. The lowest BCUT2D eigenvalue weighted by atomic mass is 10.1. The van der Waals surface area contributed by atoms with E-state index in [2.05, 4.69) is 21.0 Å². The first kappa shape index (κ1) is 20.9. The Kier molecular flexibility index (Phi) is 5.75. The topological polar surface area (TPSA) is 128 Å². The van der Waals surface area contributed by atoms with E-state index in [0.717, 1.165) is 6.20 Å². The quantitative estimate of drug-likeness (QED) is 0.453. The van der Waals surface area contributed by atoms with Crippen molar-refractivity contribution in [3.05, 3.63) is 81.0 Å². The summed E-state index contributed by atoms with van der Waals surface area (Å²) in [7, 11) is 0. The van der Waals surface area contributed by atoms with Crippen LogP contribution in [0, 0.1) is 0 Å². The SMILES string of the molecule is CCCn1nc(C(=O)NNC(=O)Cn2ncc(=O)c3ccccc32)c2ccccc2c1=O. The van der Waals surface area contributed by atoms with Crippen molar-refractivity contribution >= 4 is 33.5 Å². The number of hydrazine groups is 1. The molecule has 4 aromatic rings. The first-order valence-electron chi connectivity index (χ1n) is 10.0. The Morgan fingerprint density at radius 1 is 0.906 bits per heavy atom. The molecule has 10 nitrogen and oxygen atoms in total. The molecule has 0 atom stereocenters. The van der Waals surface area contributed by atoms with Gasteiger partial charge in [-0.15, -0.1) is 0 Å². The van der Waals surface area contributed by atoms with E-state index in [9.17, 15) is 19.2 Å². The second-order valence-electron chi connectivity index (χ2n) is 7.11. The molecule has 2 amide bonds. The van der Waals surface area contributed by atoms with Gasteiger partial charge in [-0.3, -0.25) is 34.7 Å². The van der Waals surface area contributed by atoms with E-state index >= 15 is 0 Å². The maximum Gasteiger partial charge on any atom is 0.290 e.